The van der Waals surface area contributed by atoms with E-state index in [0.717, 1.165) is 114 Å². The number of phosphoric ester groups is 2. The van der Waals surface area contributed by atoms with Gasteiger partial charge in [-0.2, -0.15) is 0 Å². The first-order valence-corrected chi connectivity index (χ1v) is 41.4. The number of carbonyl (C=O) groups is 4. The maximum atomic E-state index is 13.1. The van der Waals surface area contributed by atoms with Gasteiger partial charge in [0.2, 0.25) is 0 Å². The Labute approximate surface area is 568 Å². The Morgan fingerprint density at radius 3 is 0.817 bits per heavy atom. The molecule has 0 saturated carbocycles. The Balaban J connectivity index is 5.23. The topological polar surface area (TPSA) is 237 Å². The van der Waals surface area contributed by atoms with Gasteiger partial charge >= 0.3 is 39.5 Å². The minimum Gasteiger partial charge on any atom is -0.462 e. The molecule has 4 unspecified atom stereocenters. The van der Waals surface area contributed by atoms with Gasteiger partial charge in [-0.15, -0.1) is 0 Å². The third kappa shape index (κ3) is 65.8. The number of hydrogen-bond donors (Lipinski definition) is 3. The summed E-state index contributed by atoms with van der Waals surface area (Å²) < 4.78 is 68.4. The van der Waals surface area contributed by atoms with Gasteiger partial charge in [-0.1, -0.05) is 325 Å². The number of unbranched alkanes of at least 4 members (excludes halogenated alkanes) is 38. The summed E-state index contributed by atoms with van der Waals surface area (Å²) in [5, 5.41) is 10.6. The second-order valence-corrected chi connectivity index (χ2v) is 30.6. The molecule has 0 spiro atoms. The maximum Gasteiger partial charge on any atom is 0.472 e. The Kier molecular flexibility index (Phi) is 63.4. The van der Waals surface area contributed by atoms with Crippen molar-refractivity contribution in [1.29, 1.82) is 0 Å². The Morgan fingerprint density at radius 2 is 0.548 bits per heavy atom. The molecule has 0 fully saturated rings. The van der Waals surface area contributed by atoms with E-state index < -0.39 is 97.5 Å². The number of phosphoric acid groups is 2. The molecule has 0 saturated heterocycles. The molecule has 3 N–H and O–H groups in total. The van der Waals surface area contributed by atoms with Gasteiger partial charge in [0.05, 0.1) is 26.4 Å². The predicted molar refractivity (Wildman–Crippen MR) is 377 cm³/mol. The van der Waals surface area contributed by atoms with Crippen LogP contribution in [0.2, 0.25) is 0 Å². The van der Waals surface area contributed by atoms with Crippen molar-refractivity contribution in [3.05, 3.63) is 0 Å². The van der Waals surface area contributed by atoms with Gasteiger partial charge in [-0.3, -0.25) is 37.3 Å². The van der Waals surface area contributed by atoms with E-state index in [-0.39, 0.29) is 25.7 Å². The van der Waals surface area contributed by atoms with Gasteiger partial charge in [0.15, 0.2) is 12.2 Å². The standard InChI is InChI=1S/C74H144O17P2/c1-8-11-12-13-14-34-41-48-55-71(76)84-61-69(90-74(79)58-51-44-37-30-24-22-27-33-40-47-54-67(7)10-3)63-88-92(80,81)86-59-68(75)60-87-93(82,83)89-64-70(62-85-72(77)56-49-42-35-28-23-21-26-32-39-46-53-66(6)9-2)91-73(78)57-50-43-36-29-20-18-16-15-17-19-25-31-38-45-52-65(4)5/h65-70,75H,8-64H2,1-7H3,(H,80,81)(H,82,83)/t66?,67?,68-,69+,70+/m0/s1. The predicted octanol–water partition coefficient (Wildman–Crippen LogP) is 21.4. The highest BCUT2D eigenvalue weighted by Crippen LogP contribution is 2.45. The van der Waals surface area contributed by atoms with Crippen LogP contribution in [0.3, 0.4) is 0 Å². The Hall–Kier alpha value is -1.94. The van der Waals surface area contributed by atoms with Crippen molar-refractivity contribution in [3.8, 4) is 0 Å². The summed E-state index contributed by atoms with van der Waals surface area (Å²) >= 11 is 0. The smallest absolute Gasteiger partial charge is 0.462 e. The van der Waals surface area contributed by atoms with Gasteiger partial charge in [0.25, 0.3) is 0 Å². The number of aliphatic hydroxyl groups is 1. The largest absolute Gasteiger partial charge is 0.472 e. The average Bonchev–Trinajstić information content (AvgIpc) is 2.88. The highest BCUT2D eigenvalue weighted by molar-refractivity contribution is 7.47. The van der Waals surface area contributed by atoms with Crippen molar-refractivity contribution >= 4 is 39.5 Å². The number of esters is 4. The highest BCUT2D eigenvalue weighted by atomic mass is 31.2. The summed E-state index contributed by atoms with van der Waals surface area (Å²) in [4.78, 5) is 72.7. The van der Waals surface area contributed by atoms with E-state index in [1.807, 2.05) is 0 Å². The number of rotatable bonds is 72. The molecule has 17 nitrogen and oxygen atoms in total. The first-order chi connectivity index (χ1) is 44.8. The summed E-state index contributed by atoms with van der Waals surface area (Å²) in [5.74, 6) is 0.286. The number of ether oxygens (including phenoxy) is 4. The van der Waals surface area contributed by atoms with Gasteiger partial charge < -0.3 is 33.8 Å². The molecule has 552 valence electrons. The maximum absolute atomic E-state index is 13.1. The normalized spacial score (nSPS) is 14.7. The molecule has 0 aliphatic heterocycles. The summed E-state index contributed by atoms with van der Waals surface area (Å²) in [7, 11) is -9.91. The van der Waals surface area contributed by atoms with Gasteiger partial charge in [-0.05, 0) is 43.4 Å². The molecule has 0 aliphatic rings. The molecule has 0 radical (unpaired) electrons. The van der Waals surface area contributed by atoms with Crippen LogP contribution in [-0.4, -0.2) is 96.7 Å². The summed E-state index contributed by atoms with van der Waals surface area (Å²) in [6.07, 6.45) is 49.8. The second-order valence-electron chi connectivity index (χ2n) is 27.6. The van der Waals surface area contributed by atoms with Crippen molar-refractivity contribution in [2.75, 3.05) is 39.6 Å². The van der Waals surface area contributed by atoms with Crippen LogP contribution in [0.25, 0.3) is 0 Å². The third-order valence-electron chi connectivity index (χ3n) is 17.9. The van der Waals surface area contributed by atoms with Crippen LogP contribution in [0.4, 0.5) is 0 Å². The molecule has 0 aromatic heterocycles. The van der Waals surface area contributed by atoms with Crippen LogP contribution < -0.4 is 0 Å². The first-order valence-electron chi connectivity index (χ1n) is 38.4. The number of hydrogen-bond acceptors (Lipinski definition) is 15. The molecule has 0 amide bonds. The van der Waals surface area contributed by atoms with E-state index in [4.69, 9.17) is 37.0 Å². The van der Waals surface area contributed by atoms with E-state index in [9.17, 15) is 43.2 Å². The monoisotopic (exact) mass is 1370 g/mol. The van der Waals surface area contributed by atoms with Gasteiger partial charge in [0.1, 0.15) is 19.3 Å². The third-order valence-corrected chi connectivity index (χ3v) is 19.8. The Bertz CT molecular complexity index is 1820. The fourth-order valence-electron chi connectivity index (χ4n) is 11.2. The molecule has 0 rings (SSSR count). The zero-order valence-corrected chi connectivity index (χ0v) is 62.5. The van der Waals surface area contributed by atoms with E-state index in [1.165, 1.54) is 180 Å². The lowest BCUT2D eigenvalue weighted by Gasteiger charge is -2.21. The molecule has 0 aliphatic carbocycles. The van der Waals surface area contributed by atoms with Crippen LogP contribution in [0, 0.1) is 17.8 Å². The van der Waals surface area contributed by atoms with Crippen LogP contribution in [0.1, 0.15) is 376 Å². The lowest BCUT2D eigenvalue weighted by Crippen LogP contribution is -2.30. The van der Waals surface area contributed by atoms with Crippen molar-refractivity contribution in [2.24, 2.45) is 17.8 Å². The van der Waals surface area contributed by atoms with Crippen LogP contribution in [0.5, 0.6) is 0 Å². The van der Waals surface area contributed by atoms with E-state index in [0.29, 0.717) is 25.7 Å². The zero-order chi connectivity index (χ0) is 68.7. The van der Waals surface area contributed by atoms with Crippen LogP contribution in [-0.2, 0) is 65.4 Å². The van der Waals surface area contributed by atoms with Crippen molar-refractivity contribution in [3.63, 3.8) is 0 Å². The van der Waals surface area contributed by atoms with E-state index >= 15 is 0 Å². The van der Waals surface area contributed by atoms with Gasteiger partial charge in [0, 0.05) is 25.7 Å². The van der Waals surface area contributed by atoms with E-state index in [1.54, 1.807) is 0 Å². The molecule has 0 aromatic carbocycles. The molecule has 0 bridgehead atoms. The minimum atomic E-state index is -4.96. The molecule has 0 aromatic rings. The Morgan fingerprint density at radius 1 is 0.312 bits per heavy atom. The van der Waals surface area contributed by atoms with Crippen molar-refractivity contribution in [2.45, 2.75) is 394 Å². The molecular weight excluding hydrogens is 1220 g/mol. The van der Waals surface area contributed by atoms with E-state index in [2.05, 4.69) is 48.5 Å². The summed E-state index contributed by atoms with van der Waals surface area (Å²) in [6, 6.07) is 0. The van der Waals surface area contributed by atoms with Crippen LogP contribution >= 0.6 is 15.6 Å². The fraction of sp³-hybridized carbons (Fsp3) is 0.946. The number of carbonyl (C=O) groups excluding carboxylic acids is 4. The lowest BCUT2D eigenvalue weighted by molar-refractivity contribution is -0.161. The van der Waals surface area contributed by atoms with Gasteiger partial charge in [-0.25, -0.2) is 9.13 Å². The molecule has 0 heterocycles. The summed E-state index contributed by atoms with van der Waals surface area (Å²) in [6.45, 7) is 11.9. The molecule has 7 atom stereocenters. The SMILES string of the molecule is CCCCCCCCCCC(=O)OC[C@H](COP(=O)(O)OC[C@H](O)COP(=O)(O)OC[C@@H](COC(=O)CCCCCCCCCCCCC(C)CC)OC(=O)CCCCCCCCCCCCCCCCC(C)C)OC(=O)CCCCCCCCCCCCC(C)CC. The quantitative estimate of drug-likeness (QED) is 0.0222. The molecule has 93 heavy (non-hydrogen) atoms. The molecule has 19 heteroatoms. The average molecular weight is 1370 g/mol. The zero-order valence-electron chi connectivity index (χ0n) is 60.7. The second kappa shape index (κ2) is 64.7. The van der Waals surface area contributed by atoms with Crippen molar-refractivity contribution in [1.82, 2.24) is 0 Å². The highest BCUT2D eigenvalue weighted by Gasteiger charge is 2.30. The molecular formula is C74H144O17P2. The minimum absolute atomic E-state index is 0.106. The fourth-order valence-corrected chi connectivity index (χ4v) is 12.8. The summed E-state index contributed by atoms with van der Waals surface area (Å²) in [5.41, 5.74) is 0. The lowest BCUT2D eigenvalue weighted by atomic mass is 9.99. The number of aliphatic hydroxyl groups excluding tert-OH is 1. The first kappa shape index (κ1) is 91.1. The van der Waals surface area contributed by atoms with Crippen LogP contribution in [0.15, 0.2) is 0 Å². The van der Waals surface area contributed by atoms with Crippen molar-refractivity contribution < 1.29 is 80.2 Å².